The number of nitrogens with two attached hydrogens (primary N) is 1. The van der Waals surface area contributed by atoms with Crippen LogP contribution in [0.25, 0.3) is 0 Å². The third-order valence-electron chi connectivity index (χ3n) is 5.32. The molecular weight excluding hydrogens is 358 g/mol. The standard InChI is InChI=1S/C21H29N3O4/c1-4-14-5-7-15(8-6-14)12-23-19(27)17-11-16(26)13-24(17)20(28)18(22)21(2,3)9-10-25/h1,5-8,16-18,25-26H,9-13,22H2,2-3H3,(H,23,27)/t16-,17+,18-/m1/s1. The predicted molar refractivity (Wildman–Crippen MR) is 106 cm³/mol. The summed E-state index contributed by atoms with van der Waals surface area (Å²) in [5.74, 6) is 1.80. The highest BCUT2D eigenvalue weighted by atomic mass is 16.3. The van der Waals surface area contributed by atoms with E-state index in [1.807, 2.05) is 12.1 Å². The van der Waals surface area contributed by atoms with Crippen LogP contribution in [0, 0.1) is 17.8 Å². The van der Waals surface area contributed by atoms with Crippen molar-refractivity contribution in [1.82, 2.24) is 10.2 Å². The topological polar surface area (TPSA) is 116 Å². The molecule has 0 radical (unpaired) electrons. The van der Waals surface area contributed by atoms with Gasteiger partial charge in [0.05, 0.1) is 12.1 Å². The van der Waals surface area contributed by atoms with Crippen LogP contribution >= 0.6 is 0 Å². The summed E-state index contributed by atoms with van der Waals surface area (Å²) in [5.41, 5.74) is 7.14. The molecule has 0 unspecified atom stereocenters. The number of nitrogens with zero attached hydrogens (tertiary/aromatic N) is 1. The van der Waals surface area contributed by atoms with Crippen molar-refractivity contribution in [2.24, 2.45) is 11.1 Å². The first kappa shape index (κ1) is 21.9. The molecule has 3 atom stereocenters. The van der Waals surface area contributed by atoms with E-state index in [2.05, 4.69) is 11.2 Å². The van der Waals surface area contributed by atoms with Gasteiger partial charge in [0.1, 0.15) is 6.04 Å². The predicted octanol–water partition coefficient (Wildman–Crippen LogP) is -0.0182. The zero-order chi connectivity index (χ0) is 20.9. The number of carbonyl (C=O) groups excluding carboxylic acids is 2. The summed E-state index contributed by atoms with van der Waals surface area (Å²) in [6.07, 6.45) is 5.08. The Hall–Kier alpha value is -2.40. The fourth-order valence-corrected chi connectivity index (χ4v) is 3.29. The Balaban J connectivity index is 2.04. The van der Waals surface area contributed by atoms with Crippen LogP contribution < -0.4 is 11.1 Å². The second kappa shape index (κ2) is 9.20. The average Bonchev–Trinajstić information content (AvgIpc) is 3.07. The van der Waals surface area contributed by atoms with Crippen LogP contribution in [0.15, 0.2) is 24.3 Å². The number of rotatable bonds is 7. The number of benzene rings is 1. The van der Waals surface area contributed by atoms with Crippen LogP contribution in [0.4, 0.5) is 0 Å². The maximum absolute atomic E-state index is 12.9. The monoisotopic (exact) mass is 387 g/mol. The van der Waals surface area contributed by atoms with Gasteiger partial charge >= 0.3 is 0 Å². The van der Waals surface area contributed by atoms with Gasteiger partial charge in [-0.1, -0.05) is 31.9 Å². The molecule has 0 spiro atoms. The lowest BCUT2D eigenvalue weighted by molar-refractivity contribution is -0.141. The van der Waals surface area contributed by atoms with Crippen LogP contribution in [0.5, 0.6) is 0 Å². The van der Waals surface area contributed by atoms with Crippen molar-refractivity contribution < 1.29 is 19.8 Å². The molecule has 5 N–H and O–H groups in total. The van der Waals surface area contributed by atoms with Gasteiger partial charge in [-0.3, -0.25) is 9.59 Å². The fourth-order valence-electron chi connectivity index (χ4n) is 3.29. The first-order valence-corrected chi connectivity index (χ1v) is 9.38. The lowest BCUT2D eigenvalue weighted by Crippen LogP contribution is -2.55. The van der Waals surface area contributed by atoms with E-state index >= 15 is 0 Å². The Kier molecular flexibility index (Phi) is 7.19. The van der Waals surface area contributed by atoms with E-state index in [1.54, 1.807) is 26.0 Å². The minimum Gasteiger partial charge on any atom is -0.396 e. The highest BCUT2D eigenvalue weighted by molar-refractivity contribution is 5.90. The number of aliphatic hydroxyl groups is 2. The number of terminal acetylenes is 1. The number of β-amino-alcohol motifs (C(OH)–C–C–N with tert-alkyl or cyclic N) is 1. The maximum atomic E-state index is 12.9. The molecule has 2 rings (SSSR count). The van der Waals surface area contributed by atoms with Gasteiger partial charge in [-0.05, 0) is 29.5 Å². The summed E-state index contributed by atoms with van der Waals surface area (Å²) in [6, 6.07) is 5.59. The summed E-state index contributed by atoms with van der Waals surface area (Å²) in [4.78, 5) is 26.9. The zero-order valence-electron chi connectivity index (χ0n) is 16.4. The third kappa shape index (κ3) is 5.10. The van der Waals surface area contributed by atoms with E-state index in [4.69, 9.17) is 12.2 Å². The van der Waals surface area contributed by atoms with E-state index in [1.165, 1.54) is 4.90 Å². The molecule has 0 bridgehead atoms. The molecule has 2 amide bonds. The molecule has 0 saturated carbocycles. The third-order valence-corrected chi connectivity index (χ3v) is 5.32. The second-order valence-electron chi connectivity index (χ2n) is 7.89. The van der Waals surface area contributed by atoms with Gasteiger partial charge in [0.25, 0.3) is 0 Å². The van der Waals surface area contributed by atoms with E-state index in [-0.39, 0.29) is 25.5 Å². The SMILES string of the molecule is C#Cc1ccc(CNC(=O)[C@@H]2C[C@@H](O)CN2C(=O)[C@@H](N)C(C)(C)CCO)cc1. The molecule has 1 aromatic carbocycles. The quantitative estimate of drug-likeness (QED) is 0.491. The zero-order valence-corrected chi connectivity index (χ0v) is 16.4. The number of amides is 2. The summed E-state index contributed by atoms with van der Waals surface area (Å²) in [6.45, 7) is 3.87. The fraction of sp³-hybridized carbons (Fsp3) is 0.524. The molecule has 0 aliphatic carbocycles. The molecular formula is C21H29N3O4. The number of likely N-dealkylation sites (tertiary alicyclic amines) is 1. The van der Waals surface area contributed by atoms with Crippen molar-refractivity contribution in [2.75, 3.05) is 13.2 Å². The summed E-state index contributed by atoms with van der Waals surface area (Å²) < 4.78 is 0. The highest BCUT2D eigenvalue weighted by Gasteiger charge is 2.43. The van der Waals surface area contributed by atoms with E-state index in [0.717, 1.165) is 11.1 Å². The van der Waals surface area contributed by atoms with Crippen molar-refractivity contribution in [2.45, 2.75) is 51.4 Å². The molecule has 152 valence electrons. The molecule has 1 aliphatic rings. The van der Waals surface area contributed by atoms with Gasteiger partial charge in [-0.2, -0.15) is 0 Å². The summed E-state index contributed by atoms with van der Waals surface area (Å²) in [7, 11) is 0. The van der Waals surface area contributed by atoms with Gasteiger partial charge < -0.3 is 26.2 Å². The number of aliphatic hydroxyl groups excluding tert-OH is 2. The van der Waals surface area contributed by atoms with E-state index in [9.17, 15) is 19.8 Å². The van der Waals surface area contributed by atoms with E-state index in [0.29, 0.717) is 13.0 Å². The summed E-state index contributed by atoms with van der Waals surface area (Å²) in [5, 5.41) is 22.0. The molecule has 7 nitrogen and oxygen atoms in total. The molecule has 1 saturated heterocycles. The van der Waals surface area contributed by atoms with Crippen molar-refractivity contribution in [3.63, 3.8) is 0 Å². The number of carbonyl (C=O) groups is 2. The highest BCUT2D eigenvalue weighted by Crippen LogP contribution is 2.28. The molecule has 1 heterocycles. The largest absolute Gasteiger partial charge is 0.396 e. The van der Waals surface area contributed by atoms with Gasteiger partial charge in [0.2, 0.25) is 11.8 Å². The Labute approximate surface area is 165 Å². The normalized spacial score (nSPS) is 20.5. The Morgan fingerprint density at radius 2 is 2.04 bits per heavy atom. The van der Waals surface area contributed by atoms with Crippen LogP contribution in [0.2, 0.25) is 0 Å². The molecule has 1 aromatic rings. The number of hydrogen-bond donors (Lipinski definition) is 4. The Bertz CT molecular complexity index is 739. The number of hydrogen-bond acceptors (Lipinski definition) is 5. The molecule has 1 aliphatic heterocycles. The minimum absolute atomic E-state index is 0.0662. The number of nitrogens with one attached hydrogen (secondary N) is 1. The van der Waals surface area contributed by atoms with Crippen LogP contribution in [-0.2, 0) is 16.1 Å². The smallest absolute Gasteiger partial charge is 0.243 e. The lowest BCUT2D eigenvalue weighted by Gasteiger charge is -2.34. The molecule has 0 aromatic heterocycles. The maximum Gasteiger partial charge on any atom is 0.243 e. The first-order chi connectivity index (χ1) is 13.2. The molecule has 28 heavy (non-hydrogen) atoms. The Morgan fingerprint density at radius 3 is 2.61 bits per heavy atom. The van der Waals surface area contributed by atoms with Crippen molar-refractivity contribution in [1.29, 1.82) is 0 Å². The van der Waals surface area contributed by atoms with Gasteiger partial charge in [-0.25, -0.2) is 0 Å². The summed E-state index contributed by atoms with van der Waals surface area (Å²) >= 11 is 0. The van der Waals surface area contributed by atoms with Gasteiger partial charge in [0, 0.05) is 31.7 Å². The van der Waals surface area contributed by atoms with Gasteiger partial charge in [0.15, 0.2) is 0 Å². The van der Waals surface area contributed by atoms with Crippen LogP contribution in [0.1, 0.15) is 37.8 Å². The van der Waals surface area contributed by atoms with Crippen LogP contribution in [0.3, 0.4) is 0 Å². The van der Waals surface area contributed by atoms with Crippen LogP contribution in [-0.4, -0.2) is 58.3 Å². The molecule has 1 fully saturated rings. The van der Waals surface area contributed by atoms with E-state index < -0.39 is 29.5 Å². The van der Waals surface area contributed by atoms with Crippen molar-refractivity contribution in [3.8, 4) is 12.3 Å². The van der Waals surface area contributed by atoms with Gasteiger partial charge in [-0.15, -0.1) is 6.42 Å². The van der Waals surface area contributed by atoms with Crippen molar-refractivity contribution >= 4 is 11.8 Å². The molecule has 7 heteroatoms. The van der Waals surface area contributed by atoms with Crippen molar-refractivity contribution in [3.05, 3.63) is 35.4 Å². The first-order valence-electron chi connectivity index (χ1n) is 9.38. The minimum atomic E-state index is -0.878. The lowest BCUT2D eigenvalue weighted by atomic mass is 9.81. The Morgan fingerprint density at radius 1 is 1.39 bits per heavy atom. The second-order valence-corrected chi connectivity index (χ2v) is 7.89. The average molecular weight is 387 g/mol.